The van der Waals surface area contributed by atoms with Crippen molar-refractivity contribution in [3.63, 3.8) is 0 Å². The van der Waals surface area contributed by atoms with Gasteiger partial charge in [-0.25, -0.2) is 0 Å². The van der Waals surface area contributed by atoms with E-state index in [1.807, 2.05) is 0 Å². The molecule has 2 aliphatic carbocycles. The highest BCUT2D eigenvalue weighted by Crippen LogP contribution is 2.51. The lowest BCUT2D eigenvalue weighted by Crippen LogP contribution is -2.53. The second kappa shape index (κ2) is 2.81. The third kappa shape index (κ3) is 1.32. The van der Waals surface area contributed by atoms with Gasteiger partial charge in [0, 0.05) is 12.8 Å². The van der Waals surface area contributed by atoms with Crippen LogP contribution in [0.5, 0.6) is 0 Å². The minimum Gasteiger partial charge on any atom is -0.389 e. The van der Waals surface area contributed by atoms with Crippen molar-refractivity contribution in [2.75, 3.05) is 0 Å². The summed E-state index contributed by atoms with van der Waals surface area (Å²) in [6.45, 7) is 2.15. The van der Waals surface area contributed by atoms with Gasteiger partial charge in [0.05, 0.1) is 5.60 Å². The molecule has 2 rings (SSSR count). The van der Waals surface area contributed by atoms with Crippen LogP contribution in [0.3, 0.4) is 0 Å². The van der Waals surface area contributed by atoms with E-state index >= 15 is 0 Å². The van der Waals surface area contributed by atoms with Crippen molar-refractivity contribution < 1.29 is 9.90 Å². The second-order valence-corrected chi connectivity index (χ2v) is 5.01. The van der Waals surface area contributed by atoms with Crippen LogP contribution in [0.4, 0.5) is 0 Å². The number of aliphatic hydroxyl groups is 1. The highest BCUT2D eigenvalue weighted by atomic mass is 16.3. The molecule has 0 radical (unpaired) electrons. The van der Waals surface area contributed by atoms with E-state index in [0.29, 0.717) is 12.8 Å². The summed E-state index contributed by atoms with van der Waals surface area (Å²) in [5, 5.41) is 10.4. The smallest absolute Gasteiger partial charge is 0.135 e. The lowest BCUT2D eigenvalue weighted by Gasteiger charge is -2.51. The molecule has 0 saturated heterocycles. The Morgan fingerprint density at radius 3 is 2.69 bits per heavy atom. The molecule has 2 nitrogen and oxygen atoms in total. The molecular formula is C11H18O2. The molecule has 0 spiro atoms. The first-order chi connectivity index (χ1) is 6.06. The monoisotopic (exact) mass is 182 g/mol. The Labute approximate surface area is 79.3 Å². The van der Waals surface area contributed by atoms with Crippen LogP contribution in [-0.2, 0) is 4.79 Å². The first-order valence-corrected chi connectivity index (χ1v) is 5.30. The fraction of sp³-hybridized carbons (Fsp3) is 0.909. The molecule has 74 valence electrons. The molecule has 0 aliphatic heterocycles. The zero-order valence-corrected chi connectivity index (χ0v) is 8.31. The third-order valence-electron chi connectivity index (χ3n) is 4.14. The molecular weight excluding hydrogens is 164 g/mol. The summed E-state index contributed by atoms with van der Waals surface area (Å²) in [6.07, 6.45) is 6.20. The molecule has 0 heterocycles. The molecule has 0 aromatic heterocycles. The average Bonchev–Trinajstić information content (AvgIpc) is 2.07. The average molecular weight is 182 g/mol. The largest absolute Gasteiger partial charge is 0.389 e. The maximum atomic E-state index is 11.3. The van der Waals surface area contributed by atoms with E-state index in [0.717, 1.165) is 25.7 Å². The molecule has 2 saturated carbocycles. The predicted octanol–water partition coefficient (Wildman–Crippen LogP) is 2.05. The van der Waals surface area contributed by atoms with Crippen LogP contribution in [0.2, 0.25) is 0 Å². The molecule has 0 unspecified atom stereocenters. The Hall–Kier alpha value is -0.370. The fourth-order valence-electron chi connectivity index (χ4n) is 2.96. The normalized spacial score (nSPS) is 45.8. The van der Waals surface area contributed by atoms with Crippen molar-refractivity contribution in [1.29, 1.82) is 0 Å². The fourth-order valence-corrected chi connectivity index (χ4v) is 2.96. The van der Waals surface area contributed by atoms with Gasteiger partial charge in [0.2, 0.25) is 0 Å². The lowest BCUT2D eigenvalue weighted by atomic mass is 9.57. The molecule has 2 aliphatic rings. The number of ketones is 1. The number of hydrogen-bond acceptors (Lipinski definition) is 2. The molecule has 13 heavy (non-hydrogen) atoms. The summed E-state index contributed by atoms with van der Waals surface area (Å²) in [5.74, 6) is 0.252. The quantitative estimate of drug-likeness (QED) is 0.622. The van der Waals surface area contributed by atoms with Crippen LogP contribution in [0, 0.1) is 5.41 Å². The van der Waals surface area contributed by atoms with Gasteiger partial charge in [0.1, 0.15) is 5.78 Å². The van der Waals surface area contributed by atoms with Crippen LogP contribution >= 0.6 is 0 Å². The zero-order chi connectivity index (χ0) is 9.53. The van der Waals surface area contributed by atoms with Crippen LogP contribution in [0.15, 0.2) is 0 Å². The molecule has 2 atom stereocenters. The second-order valence-electron chi connectivity index (χ2n) is 5.01. The van der Waals surface area contributed by atoms with Gasteiger partial charge in [-0.1, -0.05) is 19.8 Å². The number of Topliss-reactive ketones (excluding diaryl/α,β-unsaturated/α-hetero) is 1. The third-order valence-corrected chi connectivity index (χ3v) is 4.14. The van der Waals surface area contributed by atoms with Crippen LogP contribution in [0.25, 0.3) is 0 Å². The standard InChI is InChI=1S/C11H18O2/c1-10-5-2-3-6-11(10,13)8-9(12)4-7-10/h13H,2-8H2,1H3/t10-,11-/m0/s1. The SMILES string of the molecule is C[C@@]12CCCC[C@]1(O)CC(=O)CC2. The first kappa shape index (κ1) is 9.20. The van der Waals surface area contributed by atoms with Crippen molar-refractivity contribution >= 4 is 5.78 Å². The number of rotatable bonds is 0. The highest BCUT2D eigenvalue weighted by molar-refractivity contribution is 5.80. The Balaban J connectivity index is 2.25. The van der Waals surface area contributed by atoms with E-state index in [-0.39, 0.29) is 11.2 Å². The van der Waals surface area contributed by atoms with E-state index in [1.165, 1.54) is 6.42 Å². The minimum atomic E-state index is -0.666. The van der Waals surface area contributed by atoms with E-state index < -0.39 is 5.60 Å². The number of carbonyl (C=O) groups excluding carboxylic acids is 1. The Bertz CT molecular complexity index is 236. The maximum Gasteiger partial charge on any atom is 0.135 e. The molecule has 0 bridgehead atoms. The molecule has 0 aromatic carbocycles. The van der Waals surface area contributed by atoms with Gasteiger partial charge in [0.15, 0.2) is 0 Å². The van der Waals surface area contributed by atoms with Gasteiger partial charge in [-0.15, -0.1) is 0 Å². The van der Waals surface area contributed by atoms with Crippen LogP contribution < -0.4 is 0 Å². The van der Waals surface area contributed by atoms with Gasteiger partial charge in [-0.2, -0.15) is 0 Å². The Morgan fingerprint density at radius 1 is 1.23 bits per heavy atom. The summed E-state index contributed by atoms with van der Waals surface area (Å²) in [4.78, 5) is 11.3. The van der Waals surface area contributed by atoms with Crippen LogP contribution in [0.1, 0.15) is 51.9 Å². The van der Waals surface area contributed by atoms with Gasteiger partial charge >= 0.3 is 0 Å². The number of fused-ring (bicyclic) bond motifs is 1. The summed E-state index contributed by atoms with van der Waals surface area (Å²) >= 11 is 0. The minimum absolute atomic E-state index is 0.0269. The molecule has 2 fully saturated rings. The Kier molecular flexibility index (Phi) is 1.99. The molecule has 0 aromatic rings. The van der Waals surface area contributed by atoms with Gasteiger partial charge in [-0.05, 0) is 24.7 Å². The summed E-state index contributed by atoms with van der Waals surface area (Å²) in [6, 6.07) is 0. The zero-order valence-electron chi connectivity index (χ0n) is 8.31. The molecule has 2 heteroatoms. The summed E-state index contributed by atoms with van der Waals surface area (Å²) in [7, 11) is 0. The maximum absolute atomic E-state index is 11.3. The van der Waals surface area contributed by atoms with E-state index in [1.54, 1.807) is 0 Å². The van der Waals surface area contributed by atoms with Gasteiger partial charge in [-0.3, -0.25) is 4.79 Å². The van der Waals surface area contributed by atoms with E-state index in [2.05, 4.69) is 6.92 Å². The number of carbonyl (C=O) groups is 1. The topological polar surface area (TPSA) is 37.3 Å². The van der Waals surface area contributed by atoms with E-state index in [9.17, 15) is 9.90 Å². The van der Waals surface area contributed by atoms with Crippen molar-refractivity contribution in [1.82, 2.24) is 0 Å². The van der Waals surface area contributed by atoms with Crippen molar-refractivity contribution in [3.8, 4) is 0 Å². The summed E-state index contributed by atoms with van der Waals surface area (Å²) in [5.41, 5.74) is -0.639. The molecule has 1 N–H and O–H groups in total. The summed E-state index contributed by atoms with van der Waals surface area (Å²) < 4.78 is 0. The highest BCUT2D eigenvalue weighted by Gasteiger charge is 2.51. The predicted molar refractivity (Wildman–Crippen MR) is 50.4 cm³/mol. The van der Waals surface area contributed by atoms with Crippen molar-refractivity contribution in [3.05, 3.63) is 0 Å². The van der Waals surface area contributed by atoms with Crippen molar-refractivity contribution in [2.45, 2.75) is 57.5 Å². The van der Waals surface area contributed by atoms with Gasteiger partial charge in [0.25, 0.3) is 0 Å². The van der Waals surface area contributed by atoms with Crippen molar-refractivity contribution in [2.24, 2.45) is 5.41 Å². The van der Waals surface area contributed by atoms with E-state index in [4.69, 9.17) is 0 Å². The number of hydrogen-bond donors (Lipinski definition) is 1. The van der Waals surface area contributed by atoms with Crippen LogP contribution in [-0.4, -0.2) is 16.5 Å². The Morgan fingerprint density at radius 2 is 1.92 bits per heavy atom. The lowest BCUT2D eigenvalue weighted by molar-refractivity contribution is -0.155. The van der Waals surface area contributed by atoms with Gasteiger partial charge < -0.3 is 5.11 Å². The first-order valence-electron chi connectivity index (χ1n) is 5.30. The molecule has 0 amide bonds.